The van der Waals surface area contributed by atoms with Crippen molar-refractivity contribution in [3.05, 3.63) is 0 Å². The molecule has 1 heterocycles. The molecule has 0 aromatic carbocycles. The average molecular weight is 281 g/mol. The average Bonchev–Trinajstić information content (AvgIpc) is 2.48. The molecule has 0 bridgehead atoms. The largest absolute Gasteiger partial charge is 0.314 e. The molecular formula is C17H35N3. The van der Waals surface area contributed by atoms with Gasteiger partial charge >= 0.3 is 0 Å². The summed E-state index contributed by atoms with van der Waals surface area (Å²) >= 11 is 0. The minimum atomic E-state index is 0.775. The van der Waals surface area contributed by atoms with Crippen LogP contribution in [0, 0.1) is 11.8 Å². The van der Waals surface area contributed by atoms with Crippen LogP contribution >= 0.6 is 0 Å². The molecule has 1 aliphatic carbocycles. The molecule has 2 aliphatic rings. The van der Waals surface area contributed by atoms with Gasteiger partial charge in [0, 0.05) is 38.8 Å². The van der Waals surface area contributed by atoms with Crippen LogP contribution in [0.25, 0.3) is 0 Å². The number of hydrogen-bond donors (Lipinski definition) is 1. The van der Waals surface area contributed by atoms with Crippen molar-refractivity contribution in [2.24, 2.45) is 11.8 Å². The molecule has 20 heavy (non-hydrogen) atoms. The Morgan fingerprint density at radius 3 is 2.45 bits per heavy atom. The minimum absolute atomic E-state index is 0.775. The third-order valence-electron chi connectivity index (χ3n) is 5.41. The summed E-state index contributed by atoms with van der Waals surface area (Å²) in [5.41, 5.74) is 0. The van der Waals surface area contributed by atoms with Crippen molar-refractivity contribution in [1.29, 1.82) is 0 Å². The predicted octanol–water partition coefficient (Wildman–Crippen LogP) is 2.43. The molecule has 3 atom stereocenters. The first-order valence-corrected chi connectivity index (χ1v) is 8.87. The number of rotatable bonds is 6. The second-order valence-electron chi connectivity index (χ2n) is 7.01. The molecule has 1 N–H and O–H groups in total. The van der Waals surface area contributed by atoms with E-state index in [2.05, 4.69) is 36.0 Å². The summed E-state index contributed by atoms with van der Waals surface area (Å²) in [6.07, 6.45) is 6.92. The van der Waals surface area contributed by atoms with E-state index in [-0.39, 0.29) is 0 Å². The zero-order valence-corrected chi connectivity index (χ0v) is 13.9. The second-order valence-corrected chi connectivity index (χ2v) is 7.01. The number of likely N-dealkylation sites (N-methyl/N-ethyl adjacent to an activating group) is 1. The maximum atomic E-state index is 3.83. The van der Waals surface area contributed by atoms with E-state index in [1.807, 2.05) is 0 Å². The van der Waals surface area contributed by atoms with Crippen molar-refractivity contribution >= 4 is 0 Å². The predicted molar refractivity (Wildman–Crippen MR) is 87.1 cm³/mol. The molecule has 0 aromatic heterocycles. The van der Waals surface area contributed by atoms with Gasteiger partial charge in [-0.25, -0.2) is 0 Å². The fourth-order valence-corrected chi connectivity index (χ4v) is 3.89. The van der Waals surface area contributed by atoms with Gasteiger partial charge in [0.15, 0.2) is 0 Å². The van der Waals surface area contributed by atoms with E-state index in [0.29, 0.717) is 0 Å². The lowest BCUT2D eigenvalue weighted by molar-refractivity contribution is 0.0983. The van der Waals surface area contributed by atoms with Gasteiger partial charge in [-0.2, -0.15) is 0 Å². The molecule has 118 valence electrons. The van der Waals surface area contributed by atoms with Gasteiger partial charge < -0.3 is 15.1 Å². The summed E-state index contributed by atoms with van der Waals surface area (Å²) in [7, 11) is 2.25. The zero-order valence-electron chi connectivity index (χ0n) is 13.9. The van der Waals surface area contributed by atoms with Crippen LogP contribution in [0.15, 0.2) is 0 Å². The van der Waals surface area contributed by atoms with Gasteiger partial charge in [0.25, 0.3) is 0 Å². The molecule has 0 aromatic rings. The number of piperazine rings is 1. The first-order valence-electron chi connectivity index (χ1n) is 8.87. The van der Waals surface area contributed by atoms with E-state index in [0.717, 1.165) is 17.9 Å². The molecule has 2 rings (SSSR count). The van der Waals surface area contributed by atoms with Gasteiger partial charge in [0.05, 0.1) is 0 Å². The molecular weight excluding hydrogens is 246 g/mol. The molecule has 3 unspecified atom stereocenters. The highest BCUT2D eigenvalue weighted by Gasteiger charge is 2.31. The summed E-state index contributed by atoms with van der Waals surface area (Å²) < 4.78 is 0. The smallest absolute Gasteiger partial charge is 0.0110 e. The van der Waals surface area contributed by atoms with Crippen LogP contribution in [0.2, 0.25) is 0 Å². The molecule has 2 fully saturated rings. The second kappa shape index (κ2) is 8.35. The van der Waals surface area contributed by atoms with E-state index in [4.69, 9.17) is 0 Å². The molecule has 0 spiro atoms. The Labute approximate surface area is 126 Å². The zero-order chi connectivity index (χ0) is 14.4. The van der Waals surface area contributed by atoms with Crippen LogP contribution in [0.1, 0.15) is 46.0 Å². The Bertz CT molecular complexity index is 261. The van der Waals surface area contributed by atoms with E-state index < -0.39 is 0 Å². The molecule has 1 saturated carbocycles. The van der Waals surface area contributed by atoms with Gasteiger partial charge in [0.2, 0.25) is 0 Å². The monoisotopic (exact) mass is 281 g/mol. The van der Waals surface area contributed by atoms with Crippen molar-refractivity contribution < 1.29 is 0 Å². The highest BCUT2D eigenvalue weighted by Crippen LogP contribution is 2.32. The van der Waals surface area contributed by atoms with E-state index in [1.165, 1.54) is 71.4 Å². The maximum Gasteiger partial charge on any atom is 0.0110 e. The number of nitrogens with one attached hydrogen (secondary N) is 1. The first kappa shape index (κ1) is 16.3. The van der Waals surface area contributed by atoms with Gasteiger partial charge in [-0.1, -0.05) is 20.3 Å². The molecule has 3 heteroatoms. The summed E-state index contributed by atoms with van der Waals surface area (Å²) in [6, 6.07) is 0.775. The van der Waals surface area contributed by atoms with E-state index >= 15 is 0 Å². The Hall–Kier alpha value is -0.120. The quantitative estimate of drug-likeness (QED) is 0.807. The molecule has 0 amide bonds. The van der Waals surface area contributed by atoms with Gasteiger partial charge in [-0.15, -0.1) is 0 Å². The van der Waals surface area contributed by atoms with Crippen LogP contribution < -0.4 is 5.32 Å². The van der Waals surface area contributed by atoms with Crippen LogP contribution in [-0.2, 0) is 0 Å². The Balaban J connectivity index is 1.85. The standard InChI is InChI=1S/C17H35N3/c1-4-8-18-17-7-6-15(5-2)13-16(17)14-20-11-9-19(3)10-12-20/h15-18H,4-14H2,1-3H3. The molecule has 3 nitrogen and oxygen atoms in total. The maximum absolute atomic E-state index is 3.83. The number of hydrogen-bond acceptors (Lipinski definition) is 3. The number of nitrogens with zero attached hydrogens (tertiary/aromatic N) is 2. The lowest BCUT2D eigenvalue weighted by Crippen LogP contribution is -2.50. The summed E-state index contributed by atoms with van der Waals surface area (Å²) in [4.78, 5) is 5.17. The highest BCUT2D eigenvalue weighted by molar-refractivity contribution is 4.87. The first-order chi connectivity index (χ1) is 9.72. The lowest BCUT2D eigenvalue weighted by atomic mass is 9.76. The van der Waals surface area contributed by atoms with Gasteiger partial charge in [-0.05, 0) is 51.1 Å². The van der Waals surface area contributed by atoms with Gasteiger partial charge in [0.1, 0.15) is 0 Å². The Morgan fingerprint density at radius 2 is 1.80 bits per heavy atom. The van der Waals surface area contributed by atoms with Crippen LogP contribution in [-0.4, -0.2) is 62.2 Å². The SMILES string of the molecule is CCCNC1CCC(CC)CC1CN1CCN(C)CC1. The highest BCUT2D eigenvalue weighted by atomic mass is 15.2. The normalized spacial score (nSPS) is 33.5. The lowest BCUT2D eigenvalue weighted by Gasteiger charge is -2.41. The van der Waals surface area contributed by atoms with Gasteiger partial charge in [-0.3, -0.25) is 0 Å². The van der Waals surface area contributed by atoms with E-state index in [1.54, 1.807) is 0 Å². The van der Waals surface area contributed by atoms with E-state index in [9.17, 15) is 0 Å². The fourth-order valence-electron chi connectivity index (χ4n) is 3.89. The topological polar surface area (TPSA) is 18.5 Å². The van der Waals surface area contributed by atoms with Crippen LogP contribution in [0.4, 0.5) is 0 Å². The van der Waals surface area contributed by atoms with Crippen LogP contribution in [0.3, 0.4) is 0 Å². The van der Waals surface area contributed by atoms with Crippen molar-refractivity contribution in [2.45, 2.75) is 52.0 Å². The Kier molecular flexibility index (Phi) is 6.79. The summed E-state index contributed by atoms with van der Waals surface area (Å²) in [5, 5.41) is 3.83. The van der Waals surface area contributed by atoms with Crippen molar-refractivity contribution in [2.75, 3.05) is 46.3 Å². The molecule has 1 aliphatic heterocycles. The fraction of sp³-hybridized carbons (Fsp3) is 1.00. The summed E-state index contributed by atoms with van der Waals surface area (Å²) in [6.45, 7) is 12.2. The van der Waals surface area contributed by atoms with Crippen LogP contribution in [0.5, 0.6) is 0 Å². The molecule has 0 radical (unpaired) electrons. The molecule has 1 saturated heterocycles. The third kappa shape index (κ3) is 4.71. The van der Waals surface area contributed by atoms with Crippen molar-refractivity contribution in [1.82, 2.24) is 15.1 Å². The minimum Gasteiger partial charge on any atom is -0.314 e. The van der Waals surface area contributed by atoms with Crippen molar-refractivity contribution in [3.8, 4) is 0 Å². The van der Waals surface area contributed by atoms with Crippen molar-refractivity contribution in [3.63, 3.8) is 0 Å². The summed E-state index contributed by atoms with van der Waals surface area (Å²) in [5.74, 6) is 1.86. The Morgan fingerprint density at radius 1 is 1.05 bits per heavy atom. The third-order valence-corrected chi connectivity index (χ3v) is 5.41.